The summed E-state index contributed by atoms with van der Waals surface area (Å²) in [5.41, 5.74) is 2.09. The molecular formula is C16H17NOS. The maximum atomic E-state index is 11.9. The molecule has 0 bridgehead atoms. The second-order valence-electron chi connectivity index (χ2n) is 4.59. The fraction of sp³-hybridized carbons (Fsp3) is 0.188. The fourth-order valence-corrected chi connectivity index (χ4v) is 2.67. The minimum absolute atomic E-state index is 0.0535. The molecule has 1 unspecified atom stereocenters. The van der Waals surface area contributed by atoms with Gasteiger partial charge in [-0.15, -0.1) is 11.3 Å². The minimum atomic E-state index is -0.0794. The van der Waals surface area contributed by atoms with Crippen molar-refractivity contribution in [2.75, 3.05) is 0 Å². The third kappa shape index (κ3) is 3.80. The smallest absolute Gasteiger partial charge is 0.244 e. The van der Waals surface area contributed by atoms with E-state index in [1.807, 2.05) is 61.7 Å². The van der Waals surface area contributed by atoms with Crippen molar-refractivity contribution in [1.29, 1.82) is 0 Å². The van der Waals surface area contributed by atoms with Crippen molar-refractivity contribution in [1.82, 2.24) is 5.32 Å². The van der Waals surface area contributed by atoms with Crippen molar-refractivity contribution in [2.45, 2.75) is 19.9 Å². The molecular weight excluding hydrogens is 254 g/mol. The van der Waals surface area contributed by atoms with Crippen LogP contribution in [0.5, 0.6) is 0 Å². The van der Waals surface area contributed by atoms with Crippen molar-refractivity contribution in [2.24, 2.45) is 0 Å². The summed E-state index contributed by atoms with van der Waals surface area (Å²) in [6, 6.07) is 14.0. The summed E-state index contributed by atoms with van der Waals surface area (Å²) < 4.78 is 0. The van der Waals surface area contributed by atoms with E-state index < -0.39 is 0 Å². The van der Waals surface area contributed by atoms with E-state index in [1.165, 1.54) is 0 Å². The lowest BCUT2D eigenvalue weighted by Crippen LogP contribution is -2.27. The number of thiophene rings is 1. The van der Waals surface area contributed by atoms with Gasteiger partial charge in [0.25, 0.3) is 0 Å². The lowest BCUT2D eigenvalue weighted by molar-refractivity contribution is -0.117. The molecule has 0 aliphatic rings. The van der Waals surface area contributed by atoms with Gasteiger partial charge in [0.15, 0.2) is 0 Å². The maximum absolute atomic E-state index is 11.9. The molecule has 2 nitrogen and oxygen atoms in total. The quantitative estimate of drug-likeness (QED) is 0.839. The van der Waals surface area contributed by atoms with Crippen LogP contribution in [0.4, 0.5) is 0 Å². The number of hydrogen-bond donors (Lipinski definition) is 1. The predicted molar refractivity (Wildman–Crippen MR) is 80.2 cm³/mol. The Bertz CT molecular complexity index is 554. The zero-order valence-corrected chi connectivity index (χ0v) is 11.9. The van der Waals surface area contributed by atoms with Crippen LogP contribution in [0.3, 0.4) is 0 Å². The van der Waals surface area contributed by atoms with Crippen LogP contribution in [0.25, 0.3) is 0 Å². The van der Waals surface area contributed by atoms with Gasteiger partial charge in [0.1, 0.15) is 0 Å². The molecule has 98 valence electrons. The SMILES string of the molecule is CC(C)=CC(=O)NC(c1ccccc1)c1cccs1. The van der Waals surface area contributed by atoms with E-state index >= 15 is 0 Å². The molecule has 1 atom stereocenters. The maximum Gasteiger partial charge on any atom is 0.244 e. The summed E-state index contributed by atoms with van der Waals surface area (Å²) in [7, 11) is 0. The fourth-order valence-electron chi connectivity index (χ4n) is 1.87. The molecule has 1 aromatic carbocycles. The third-order valence-corrected chi connectivity index (χ3v) is 3.60. The molecule has 1 aromatic heterocycles. The van der Waals surface area contributed by atoms with Crippen LogP contribution in [0.1, 0.15) is 30.3 Å². The molecule has 2 aromatic rings. The average Bonchev–Trinajstić information content (AvgIpc) is 2.90. The highest BCUT2D eigenvalue weighted by Gasteiger charge is 2.16. The lowest BCUT2D eigenvalue weighted by atomic mass is 10.1. The summed E-state index contributed by atoms with van der Waals surface area (Å²) >= 11 is 1.65. The van der Waals surface area contributed by atoms with Crippen molar-refractivity contribution >= 4 is 17.2 Å². The van der Waals surface area contributed by atoms with Crippen LogP contribution >= 0.6 is 11.3 Å². The van der Waals surface area contributed by atoms with E-state index in [2.05, 4.69) is 5.32 Å². The molecule has 1 amide bonds. The molecule has 0 aliphatic carbocycles. The Morgan fingerprint density at radius 1 is 1.16 bits per heavy atom. The van der Waals surface area contributed by atoms with Gasteiger partial charge in [0.2, 0.25) is 5.91 Å². The van der Waals surface area contributed by atoms with Gasteiger partial charge in [-0.05, 0) is 30.9 Å². The molecule has 0 fully saturated rings. The highest BCUT2D eigenvalue weighted by atomic mass is 32.1. The standard InChI is InChI=1S/C16H17NOS/c1-12(2)11-15(18)17-16(14-9-6-10-19-14)13-7-4-3-5-8-13/h3-11,16H,1-2H3,(H,17,18). The monoisotopic (exact) mass is 271 g/mol. The van der Waals surface area contributed by atoms with Crippen molar-refractivity contribution < 1.29 is 4.79 Å². The Morgan fingerprint density at radius 2 is 1.89 bits per heavy atom. The first-order valence-corrected chi connectivity index (χ1v) is 7.08. The summed E-state index contributed by atoms with van der Waals surface area (Å²) in [6.45, 7) is 3.84. The number of allylic oxidation sites excluding steroid dienone is 1. The zero-order valence-electron chi connectivity index (χ0n) is 11.1. The molecule has 1 heterocycles. The van der Waals surface area contributed by atoms with Gasteiger partial charge in [-0.2, -0.15) is 0 Å². The Balaban J connectivity index is 2.26. The van der Waals surface area contributed by atoms with Gasteiger partial charge >= 0.3 is 0 Å². The number of hydrogen-bond acceptors (Lipinski definition) is 2. The van der Waals surface area contributed by atoms with Crippen LogP contribution in [0, 0.1) is 0 Å². The highest BCUT2D eigenvalue weighted by molar-refractivity contribution is 7.10. The molecule has 0 saturated carbocycles. The minimum Gasteiger partial charge on any atom is -0.341 e. The van der Waals surface area contributed by atoms with Crippen LogP contribution in [0.15, 0.2) is 59.5 Å². The van der Waals surface area contributed by atoms with Gasteiger partial charge in [-0.3, -0.25) is 4.79 Å². The zero-order chi connectivity index (χ0) is 13.7. The molecule has 0 aliphatic heterocycles. The second kappa shape index (κ2) is 6.34. The molecule has 19 heavy (non-hydrogen) atoms. The largest absolute Gasteiger partial charge is 0.341 e. The summed E-state index contributed by atoms with van der Waals surface area (Å²) in [5.74, 6) is -0.0535. The van der Waals surface area contributed by atoms with Gasteiger partial charge in [0.05, 0.1) is 6.04 Å². The number of benzene rings is 1. The average molecular weight is 271 g/mol. The predicted octanol–water partition coefficient (Wildman–Crippen LogP) is 3.92. The highest BCUT2D eigenvalue weighted by Crippen LogP contribution is 2.25. The van der Waals surface area contributed by atoms with E-state index in [-0.39, 0.29) is 11.9 Å². The Hall–Kier alpha value is -1.87. The van der Waals surface area contributed by atoms with Crippen molar-refractivity contribution in [3.63, 3.8) is 0 Å². The van der Waals surface area contributed by atoms with Crippen molar-refractivity contribution in [3.8, 4) is 0 Å². The molecule has 0 spiro atoms. The number of nitrogens with one attached hydrogen (secondary N) is 1. The Labute approximate surface area is 117 Å². The Kier molecular flexibility index (Phi) is 4.53. The number of rotatable bonds is 4. The molecule has 0 radical (unpaired) electrons. The van der Waals surface area contributed by atoms with Crippen LogP contribution in [-0.4, -0.2) is 5.91 Å². The van der Waals surface area contributed by atoms with E-state index in [9.17, 15) is 4.79 Å². The normalized spacial score (nSPS) is 11.7. The third-order valence-electron chi connectivity index (χ3n) is 2.67. The molecule has 1 N–H and O–H groups in total. The van der Waals surface area contributed by atoms with Gasteiger partial charge in [-0.1, -0.05) is 42.0 Å². The first-order valence-electron chi connectivity index (χ1n) is 6.20. The summed E-state index contributed by atoms with van der Waals surface area (Å²) in [6.07, 6.45) is 1.63. The number of carbonyl (C=O) groups excluding carboxylic acids is 1. The van der Waals surface area contributed by atoms with Crippen LogP contribution in [-0.2, 0) is 4.79 Å². The van der Waals surface area contributed by atoms with E-state index in [0.717, 1.165) is 16.0 Å². The van der Waals surface area contributed by atoms with Crippen LogP contribution in [0.2, 0.25) is 0 Å². The van der Waals surface area contributed by atoms with E-state index in [4.69, 9.17) is 0 Å². The topological polar surface area (TPSA) is 29.1 Å². The first-order chi connectivity index (χ1) is 9.16. The van der Waals surface area contributed by atoms with E-state index in [1.54, 1.807) is 17.4 Å². The van der Waals surface area contributed by atoms with Gasteiger partial charge in [0, 0.05) is 11.0 Å². The molecule has 3 heteroatoms. The molecule has 0 saturated heterocycles. The summed E-state index contributed by atoms with van der Waals surface area (Å²) in [4.78, 5) is 13.1. The number of amides is 1. The van der Waals surface area contributed by atoms with Gasteiger partial charge < -0.3 is 5.32 Å². The van der Waals surface area contributed by atoms with E-state index in [0.29, 0.717) is 0 Å². The number of carbonyl (C=O) groups is 1. The molecule has 2 rings (SSSR count). The van der Waals surface area contributed by atoms with Crippen LogP contribution < -0.4 is 5.32 Å². The summed E-state index contributed by atoms with van der Waals surface area (Å²) in [5, 5.41) is 5.09. The lowest BCUT2D eigenvalue weighted by Gasteiger charge is -2.17. The Morgan fingerprint density at radius 3 is 2.47 bits per heavy atom. The first kappa shape index (κ1) is 13.6. The van der Waals surface area contributed by atoms with Gasteiger partial charge in [-0.25, -0.2) is 0 Å². The second-order valence-corrected chi connectivity index (χ2v) is 5.57. The van der Waals surface area contributed by atoms with Crippen molar-refractivity contribution in [3.05, 3.63) is 69.9 Å².